The van der Waals surface area contributed by atoms with E-state index in [0.717, 1.165) is 6.07 Å². The SMILES string of the molecule is CCOC(=O)CC[C@H](NC(=O)c1c(F)cccc1Oc1nc(OC)cc(OC)n1)C(=O)OCC. The highest BCUT2D eigenvalue weighted by molar-refractivity contribution is 5.99. The van der Waals surface area contributed by atoms with Crippen LogP contribution in [0.5, 0.6) is 23.5 Å². The Balaban J connectivity index is 2.30. The van der Waals surface area contributed by atoms with E-state index in [2.05, 4.69) is 15.3 Å². The fourth-order valence-corrected chi connectivity index (χ4v) is 2.76. The average molecular weight is 479 g/mol. The lowest BCUT2D eigenvalue weighted by Crippen LogP contribution is -2.42. The highest BCUT2D eigenvalue weighted by atomic mass is 19.1. The first kappa shape index (κ1) is 26.3. The Morgan fingerprint density at radius 1 is 1.03 bits per heavy atom. The minimum atomic E-state index is -1.22. The maximum absolute atomic E-state index is 14.7. The van der Waals surface area contributed by atoms with Crippen molar-refractivity contribution >= 4 is 17.8 Å². The third-order valence-corrected chi connectivity index (χ3v) is 4.30. The molecule has 0 radical (unpaired) electrons. The summed E-state index contributed by atoms with van der Waals surface area (Å²) in [6, 6.07) is 3.61. The third-order valence-electron chi connectivity index (χ3n) is 4.30. The maximum atomic E-state index is 14.7. The topological polar surface area (TPSA) is 135 Å². The van der Waals surface area contributed by atoms with Gasteiger partial charge in [0.2, 0.25) is 11.8 Å². The van der Waals surface area contributed by atoms with Crippen molar-refractivity contribution in [3.8, 4) is 23.5 Å². The number of nitrogens with zero attached hydrogens (tertiary/aromatic N) is 2. The van der Waals surface area contributed by atoms with Crippen LogP contribution in [0.4, 0.5) is 4.39 Å². The molecule has 1 aromatic carbocycles. The van der Waals surface area contributed by atoms with Crippen LogP contribution in [0.15, 0.2) is 24.3 Å². The smallest absolute Gasteiger partial charge is 0.328 e. The van der Waals surface area contributed by atoms with E-state index in [0.29, 0.717) is 0 Å². The van der Waals surface area contributed by atoms with Gasteiger partial charge in [-0.2, -0.15) is 9.97 Å². The van der Waals surface area contributed by atoms with Crippen molar-refractivity contribution in [1.82, 2.24) is 15.3 Å². The molecule has 1 aromatic heterocycles. The molecule has 184 valence electrons. The standard InChI is InChI=1S/C22H26FN3O8/c1-5-32-18(27)11-10-14(21(29)33-6-2)24-20(28)19-13(23)8-7-9-15(19)34-22-25-16(30-3)12-17(26-22)31-4/h7-9,12,14H,5-6,10-11H2,1-4H3,(H,24,28)/t14-/m0/s1. The van der Waals surface area contributed by atoms with Crippen LogP contribution in [-0.2, 0) is 19.1 Å². The molecule has 12 heteroatoms. The highest BCUT2D eigenvalue weighted by Gasteiger charge is 2.27. The van der Waals surface area contributed by atoms with Gasteiger partial charge in [-0.15, -0.1) is 0 Å². The minimum Gasteiger partial charge on any atom is -0.481 e. The number of rotatable bonds is 12. The Kier molecular flexibility index (Phi) is 9.99. The van der Waals surface area contributed by atoms with Gasteiger partial charge < -0.3 is 29.0 Å². The summed E-state index contributed by atoms with van der Waals surface area (Å²) in [4.78, 5) is 45.0. The molecule has 0 saturated carbocycles. The highest BCUT2D eigenvalue weighted by Crippen LogP contribution is 2.28. The Morgan fingerprint density at radius 3 is 2.26 bits per heavy atom. The molecule has 34 heavy (non-hydrogen) atoms. The Morgan fingerprint density at radius 2 is 1.68 bits per heavy atom. The van der Waals surface area contributed by atoms with Crippen LogP contribution < -0.4 is 19.5 Å². The van der Waals surface area contributed by atoms with Gasteiger partial charge in [-0.1, -0.05) is 6.07 Å². The Hall–Kier alpha value is -3.96. The predicted octanol–water partition coefficient (Wildman–Crippen LogP) is 2.43. The number of benzene rings is 1. The molecule has 0 aliphatic carbocycles. The summed E-state index contributed by atoms with van der Waals surface area (Å²) in [5.74, 6) is -3.20. The van der Waals surface area contributed by atoms with Crippen molar-refractivity contribution < 1.29 is 42.5 Å². The lowest BCUT2D eigenvalue weighted by molar-refractivity contribution is -0.146. The quantitative estimate of drug-likeness (QED) is 0.452. The summed E-state index contributed by atoms with van der Waals surface area (Å²) in [7, 11) is 2.75. The van der Waals surface area contributed by atoms with Crippen LogP contribution in [0.25, 0.3) is 0 Å². The number of halogens is 1. The normalized spacial score (nSPS) is 11.2. The summed E-state index contributed by atoms with van der Waals surface area (Å²) in [5, 5.41) is 2.40. The first-order valence-corrected chi connectivity index (χ1v) is 10.4. The molecule has 0 saturated heterocycles. The summed E-state index contributed by atoms with van der Waals surface area (Å²) < 4.78 is 40.1. The van der Waals surface area contributed by atoms with Crippen LogP contribution >= 0.6 is 0 Å². The summed E-state index contributed by atoms with van der Waals surface area (Å²) >= 11 is 0. The Labute approximate surface area is 195 Å². The second kappa shape index (κ2) is 12.9. The largest absolute Gasteiger partial charge is 0.481 e. The molecule has 1 heterocycles. The number of hydrogen-bond donors (Lipinski definition) is 1. The number of esters is 2. The van der Waals surface area contributed by atoms with Crippen LogP contribution in [0, 0.1) is 5.82 Å². The van der Waals surface area contributed by atoms with Gasteiger partial charge >= 0.3 is 17.9 Å². The van der Waals surface area contributed by atoms with E-state index in [1.54, 1.807) is 13.8 Å². The van der Waals surface area contributed by atoms with Gasteiger partial charge in [0.05, 0.1) is 33.5 Å². The van der Waals surface area contributed by atoms with E-state index in [1.165, 1.54) is 32.4 Å². The molecule has 1 amide bonds. The molecule has 11 nitrogen and oxygen atoms in total. The van der Waals surface area contributed by atoms with Crippen molar-refractivity contribution in [3.05, 3.63) is 35.6 Å². The average Bonchev–Trinajstić information content (AvgIpc) is 2.81. The molecule has 0 bridgehead atoms. The van der Waals surface area contributed by atoms with E-state index in [1.807, 2.05) is 0 Å². The Bertz CT molecular complexity index is 995. The number of carbonyl (C=O) groups excluding carboxylic acids is 3. The molecule has 0 unspecified atom stereocenters. The van der Waals surface area contributed by atoms with Gasteiger partial charge in [-0.3, -0.25) is 9.59 Å². The monoisotopic (exact) mass is 479 g/mol. The predicted molar refractivity (Wildman–Crippen MR) is 115 cm³/mol. The number of hydrogen-bond acceptors (Lipinski definition) is 10. The van der Waals surface area contributed by atoms with E-state index >= 15 is 0 Å². The number of methoxy groups -OCH3 is 2. The summed E-state index contributed by atoms with van der Waals surface area (Å²) in [6.45, 7) is 3.45. The molecule has 1 atom stereocenters. The molecule has 0 aliphatic rings. The first-order valence-electron chi connectivity index (χ1n) is 10.4. The van der Waals surface area contributed by atoms with Crippen LogP contribution in [0.1, 0.15) is 37.0 Å². The summed E-state index contributed by atoms with van der Waals surface area (Å²) in [6.07, 6.45) is -0.264. The van der Waals surface area contributed by atoms with Crippen LogP contribution in [0.2, 0.25) is 0 Å². The van der Waals surface area contributed by atoms with Crippen molar-refractivity contribution in [3.63, 3.8) is 0 Å². The molecule has 0 fully saturated rings. The number of ether oxygens (including phenoxy) is 5. The number of aromatic nitrogens is 2. The lowest BCUT2D eigenvalue weighted by Gasteiger charge is -2.18. The van der Waals surface area contributed by atoms with E-state index in [9.17, 15) is 18.8 Å². The van der Waals surface area contributed by atoms with Crippen molar-refractivity contribution in [2.24, 2.45) is 0 Å². The van der Waals surface area contributed by atoms with E-state index in [-0.39, 0.29) is 49.6 Å². The number of amides is 1. The second-order valence-corrected chi connectivity index (χ2v) is 6.57. The van der Waals surface area contributed by atoms with E-state index < -0.39 is 35.3 Å². The second-order valence-electron chi connectivity index (χ2n) is 6.57. The molecule has 1 N–H and O–H groups in total. The van der Waals surface area contributed by atoms with Gasteiger partial charge in [0.25, 0.3) is 5.91 Å². The lowest BCUT2D eigenvalue weighted by atomic mass is 10.1. The molecular weight excluding hydrogens is 453 g/mol. The molecule has 2 rings (SSSR count). The number of carbonyl (C=O) groups is 3. The fourth-order valence-electron chi connectivity index (χ4n) is 2.76. The first-order chi connectivity index (χ1) is 16.3. The van der Waals surface area contributed by atoms with Gasteiger partial charge in [-0.05, 0) is 32.4 Å². The zero-order valence-corrected chi connectivity index (χ0v) is 19.3. The summed E-state index contributed by atoms with van der Waals surface area (Å²) in [5.41, 5.74) is -0.502. The molecule has 2 aromatic rings. The molecular formula is C22H26FN3O8. The van der Waals surface area contributed by atoms with Gasteiger partial charge in [0.1, 0.15) is 23.2 Å². The fraction of sp³-hybridized carbons (Fsp3) is 0.409. The maximum Gasteiger partial charge on any atom is 0.328 e. The van der Waals surface area contributed by atoms with Gasteiger partial charge in [0, 0.05) is 6.42 Å². The van der Waals surface area contributed by atoms with Gasteiger partial charge in [-0.25, -0.2) is 9.18 Å². The van der Waals surface area contributed by atoms with Crippen LogP contribution in [0.3, 0.4) is 0 Å². The van der Waals surface area contributed by atoms with Crippen molar-refractivity contribution in [2.45, 2.75) is 32.7 Å². The molecule has 0 spiro atoms. The number of nitrogens with one attached hydrogen (secondary N) is 1. The zero-order chi connectivity index (χ0) is 25.1. The zero-order valence-electron chi connectivity index (χ0n) is 19.3. The van der Waals surface area contributed by atoms with Gasteiger partial charge in [0.15, 0.2) is 0 Å². The van der Waals surface area contributed by atoms with Crippen LogP contribution in [-0.4, -0.2) is 61.3 Å². The van der Waals surface area contributed by atoms with Crippen molar-refractivity contribution in [2.75, 3.05) is 27.4 Å². The minimum absolute atomic E-state index is 0.0493. The molecule has 0 aliphatic heterocycles. The van der Waals surface area contributed by atoms with Crippen molar-refractivity contribution in [1.29, 1.82) is 0 Å². The third kappa shape index (κ3) is 7.29. The van der Waals surface area contributed by atoms with E-state index in [4.69, 9.17) is 23.7 Å².